The molecule has 1 aromatic rings. The molecule has 1 unspecified atom stereocenters. The third-order valence-electron chi connectivity index (χ3n) is 5.22. The molecule has 28 heavy (non-hydrogen) atoms. The van der Waals surface area contributed by atoms with Crippen molar-refractivity contribution >= 4 is 11.8 Å². The van der Waals surface area contributed by atoms with E-state index < -0.39 is 11.5 Å². The maximum Gasteiger partial charge on any atom is 0.270 e. The standard InChI is InChI=1S/C21H31N3O4/c1-21(2,3)17(19(26)22-4)24-18(25)16-10-9-15(13-7-8-13)20(23-16)28-12-14-6-5-11-27-14/h9-10,13-14,17H,5-8,11-12H2,1-4H3,(H,22,26)(H,24,25)/t14?,17-/m1/s1. The van der Waals surface area contributed by atoms with E-state index in [1.165, 1.54) is 0 Å². The number of ether oxygens (including phenoxy) is 2. The molecule has 0 aromatic carbocycles. The van der Waals surface area contributed by atoms with Gasteiger partial charge in [0.15, 0.2) is 0 Å². The Morgan fingerprint density at radius 1 is 1.29 bits per heavy atom. The Morgan fingerprint density at radius 2 is 2.04 bits per heavy atom. The number of nitrogens with one attached hydrogen (secondary N) is 2. The minimum absolute atomic E-state index is 0.0878. The Kier molecular flexibility index (Phi) is 6.23. The van der Waals surface area contributed by atoms with E-state index >= 15 is 0 Å². The van der Waals surface area contributed by atoms with Crippen LogP contribution in [-0.4, -0.2) is 49.2 Å². The van der Waals surface area contributed by atoms with Gasteiger partial charge >= 0.3 is 0 Å². The lowest BCUT2D eigenvalue weighted by atomic mass is 9.86. The van der Waals surface area contributed by atoms with E-state index in [9.17, 15) is 9.59 Å². The Labute approximate surface area is 166 Å². The molecule has 0 spiro atoms. The number of aromatic nitrogens is 1. The van der Waals surface area contributed by atoms with Crippen LogP contribution >= 0.6 is 0 Å². The van der Waals surface area contributed by atoms with Crippen LogP contribution in [0.15, 0.2) is 12.1 Å². The second-order valence-electron chi connectivity index (χ2n) is 8.70. The summed E-state index contributed by atoms with van der Waals surface area (Å²) in [6.07, 6.45) is 4.36. The van der Waals surface area contributed by atoms with Crippen molar-refractivity contribution < 1.29 is 19.1 Å². The minimum atomic E-state index is -0.661. The summed E-state index contributed by atoms with van der Waals surface area (Å²) in [7, 11) is 1.56. The van der Waals surface area contributed by atoms with Crippen LogP contribution in [0.25, 0.3) is 0 Å². The van der Waals surface area contributed by atoms with Gasteiger partial charge in [-0.25, -0.2) is 4.98 Å². The zero-order valence-electron chi connectivity index (χ0n) is 17.2. The summed E-state index contributed by atoms with van der Waals surface area (Å²) >= 11 is 0. The molecule has 7 heteroatoms. The van der Waals surface area contributed by atoms with Gasteiger partial charge in [0.05, 0.1) is 6.10 Å². The van der Waals surface area contributed by atoms with Crippen LogP contribution in [0.2, 0.25) is 0 Å². The predicted molar refractivity (Wildman–Crippen MR) is 105 cm³/mol. The fourth-order valence-electron chi connectivity index (χ4n) is 3.37. The molecular weight excluding hydrogens is 358 g/mol. The molecular formula is C21H31N3O4. The fraction of sp³-hybridized carbons (Fsp3) is 0.667. The maximum atomic E-state index is 12.8. The SMILES string of the molecule is CNC(=O)[C@@H](NC(=O)c1ccc(C2CC2)c(OCC2CCCO2)n1)C(C)(C)C. The first kappa shape index (κ1) is 20.6. The molecule has 2 N–H and O–H groups in total. The summed E-state index contributed by atoms with van der Waals surface area (Å²) in [4.78, 5) is 29.5. The molecule has 7 nitrogen and oxygen atoms in total. The molecule has 154 valence electrons. The highest BCUT2D eigenvalue weighted by atomic mass is 16.5. The Hall–Kier alpha value is -2.15. The Bertz CT molecular complexity index is 719. The van der Waals surface area contributed by atoms with E-state index in [-0.39, 0.29) is 23.6 Å². The van der Waals surface area contributed by atoms with Gasteiger partial charge in [0, 0.05) is 19.2 Å². The number of carbonyl (C=O) groups is 2. The maximum absolute atomic E-state index is 12.8. The van der Waals surface area contributed by atoms with Gasteiger partial charge in [-0.15, -0.1) is 0 Å². The van der Waals surface area contributed by atoms with E-state index in [1.807, 2.05) is 26.8 Å². The van der Waals surface area contributed by atoms with Crippen LogP contribution in [0.1, 0.15) is 68.4 Å². The van der Waals surface area contributed by atoms with Crippen LogP contribution in [0.5, 0.6) is 5.88 Å². The number of hydrogen-bond acceptors (Lipinski definition) is 5. The lowest BCUT2D eigenvalue weighted by molar-refractivity contribution is -0.124. The first-order valence-corrected chi connectivity index (χ1v) is 10.1. The van der Waals surface area contributed by atoms with Crippen molar-refractivity contribution in [1.29, 1.82) is 0 Å². The zero-order valence-corrected chi connectivity index (χ0v) is 17.2. The highest BCUT2D eigenvalue weighted by molar-refractivity contribution is 5.96. The summed E-state index contributed by atoms with van der Waals surface area (Å²) < 4.78 is 11.6. The molecule has 0 bridgehead atoms. The van der Waals surface area contributed by atoms with Crippen molar-refractivity contribution in [2.75, 3.05) is 20.3 Å². The third kappa shape index (κ3) is 5.01. The van der Waals surface area contributed by atoms with Crippen LogP contribution in [0.4, 0.5) is 0 Å². The lowest BCUT2D eigenvalue weighted by Crippen LogP contribution is -2.53. The highest BCUT2D eigenvalue weighted by Crippen LogP contribution is 2.43. The predicted octanol–water partition coefficient (Wildman–Crippen LogP) is 2.41. The Balaban J connectivity index is 1.75. The molecule has 2 atom stereocenters. The summed E-state index contributed by atoms with van der Waals surface area (Å²) in [5.74, 6) is 0.355. The van der Waals surface area contributed by atoms with Gasteiger partial charge in [-0.3, -0.25) is 9.59 Å². The summed E-state index contributed by atoms with van der Waals surface area (Å²) in [5, 5.41) is 5.43. The number of rotatable bonds is 7. The van der Waals surface area contributed by atoms with Crippen molar-refractivity contribution in [3.63, 3.8) is 0 Å². The number of amides is 2. The van der Waals surface area contributed by atoms with Crippen molar-refractivity contribution in [3.05, 3.63) is 23.4 Å². The topological polar surface area (TPSA) is 89.6 Å². The normalized spacial score (nSPS) is 20.5. The van der Waals surface area contributed by atoms with Gasteiger partial charge in [-0.05, 0) is 43.1 Å². The summed E-state index contributed by atoms with van der Waals surface area (Å²) in [5.41, 5.74) is 0.876. The quantitative estimate of drug-likeness (QED) is 0.747. The highest BCUT2D eigenvalue weighted by Gasteiger charge is 2.33. The molecule has 2 amide bonds. The van der Waals surface area contributed by atoms with Gasteiger partial charge < -0.3 is 20.1 Å². The molecule has 1 aromatic heterocycles. The number of hydrogen-bond donors (Lipinski definition) is 2. The largest absolute Gasteiger partial charge is 0.475 e. The van der Waals surface area contributed by atoms with Crippen LogP contribution in [-0.2, 0) is 9.53 Å². The van der Waals surface area contributed by atoms with Crippen molar-refractivity contribution in [1.82, 2.24) is 15.6 Å². The number of nitrogens with zero attached hydrogens (tertiary/aromatic N) is 1. The van der Waals surface area contributed by atoms with Crippen molar-refractivity contribution in [2.45, 2.75) is 64.5 Å². The zero-order chi connectivity index (χ0) is 20.3. The van der Waals surface area contributed by atoms with Gasteiger partial charge in [0.2, 0.25) is 11.8 Å². The second kappa shape index (κ2) is 8.47. The van der Waals surface area contributed by atoms with Crippen LogP contribution in [0, 0.1) is 5.41 Å². The van der Waals surface area contributed by atoms with Crippen molar-refractivity contribution in [3.8, 4) is 5.88 Å². The van der Waals surface area contributed by atoms with E-state index in [0.29, 0.717) is 18.4 Å². The first-order chi connectivity index (χ1) is 13.3. The molecule has 2 aliphatic rings. The van der Waals surface area contributed by atoms with Gasteiger partial charge in [-0.2, -0.15) is 0 Å². The molecule has 1 aliphatic carbocycles. The smallest absolute Gasteiger partial charge is 0.270 e. The van der Waals surface area contributed by atoms with Gasteiger partial charge in [0.25, 0.3) is 5.91 Å². The van der Waals surface area contributed by atoms with E-state index in [2.05, 4.69) is 15.6 Å². The van der Waals surface area contributed by atoms with E-state index in [4.69, 9.17) is 9.47 Å². The number of carbonyl (C=O) groups excluding carboxylic acids is 2. The number of likely N-dealkylation sites (N-methyl/N-ethyl adjacent to an activating group) is 1. The summed E-state index contributed by atoms with van der Waals surface area (Å²) in [6.45, 7) is 6.95. The van der Waals surface area contributed by atoms with Crippen molar-refractivity contribution in [2.24, 2.45) is 5.41 Å². The molecule has 0 radical (unpaired) electrons. The average molecular weight is 389 g/mol. The van der Waals surface area contributed by atoms with Crippen LogP contribution in [0.3, 0.4) is 0 Å². The minimum Gasteiger partial charge on any atom is -0.475 e. The third-order valence-corrected chi connectivity index (χ3v) is 5.22. The monoisotopic (exact) mass is 389 g/mol. The molecule has 2 fully saturated rings. The van der Waals surface area contributed by atoms with E-state index in [1.54, 1.807) is 13.1 Å². The van der Waals surface area contributed by atoms with Gasteiger partial charge in [-0.1, -0.05) is 26.8 Å². The first-order valence-electron chi connectivity index (χ1n) is 10.1. The van der Waals surface area contributed by atoms with E-state index in [0.717, 1.165) is 37.9 Å². The molecule has 2 heterocycles. The van der Waals surface area contributed by atoms with Crippen LogP contribution < -0.4 is 15.4 Å². The Morgan fingerprint density at radius 3 is 2.61 bits per heavy atom. The fourth-order valence-corrected chi connectivity index (χ4v) is 3.37. The average Bonchev–Trinajstić information content (AvgIpc) is 3.37. The second-order valence-corrected chi connectivity index (χ2v) is 8.70. The summed E-state index contributed by atoms with van der Waals surface area (Å²) in [6, 6.07) is 2.98. The molecule has 1 aliphatic heterocycles. The molecule has 1 saturated heterocycles. The molecule has 1 saturated carbocycles. The molecule has 3 rings (SSSR count). The van der Waals surface area contributed by atoms with Gasteiger partial charge in [0.1, 0.15) is 18.3 Å². The lowest BCUT2D eigenvalue weighted by Gasteiger charge is -2.29. The number of pyridine rings is 1.